The molecule has 1 aliphatic carbocycles. The van der Waals surface area contributed by atoms with Crippen LogP contribution in [-0.4, -0.2) is 6.71 Å². The highest BCUT2D eigenvalue weighted by molar-refractivity contribution is 6.63. The van der Waals surface area contributed by atoms with E-state index in [9.17, 15) is 0 Å². The highest BCUT2D eigenvalue weighted by Crippen LogP contribution is 2.66. The zero-order valence-corrected chi connectivity index (χ0v) is 13.4. The Kier molecular flexibility index (Phi) is 4.43. The highest BCUT2D eigenvalue weighted by Gasteiger charge is 2.57. The second-order valence-electron chi connectivity index (χ2n) is 7.87. The summed E-state index contributed by atoms with van der Waals surface area (Å²) in [6.45, 7) is 20.3. The SMILES string of the molecule is CCC(C)(B(C)C1CC1(C)CC(C)C)C(C)C. The molecule has 1 rings (SSSR count). The average molecular weight is 236 g/mol. The molecule has 1 fully saturated rings. The molecule has 0 aromatic carbocycles. The lowest BCUT2D eigenvalue weighted by atomic mass is 9.28. The van der Waals surface area contributed by atoms with E-state index in [0.717, 1.165) is 24.4 Å². The highest BCUT2D eigenvalue weighted by atomic mass is 14.5. The molecule has 3 atom stereocenters. The van der Waals surface area contributed by atoms with Crippen LogP contribution in [0, 0.1) is 17.3 Å². The minimum absolute atomic E-state index is 0.527. The summed E-state index contributed by atoms with van der Waals surface area (Å²) in [5.74, 6) is 2.62. The van der Waals surface area contributed by atoms with E-state index in [1.165, 1.54) is 19.3 Å². The van der Waals surface area contributed by atoms with Crippen molar-refractivity contribution in [2.75, 3.05) is 0 Å². The van der Waals surface area contributed by atoms with E-state index in [2.05, 4.69) is 55.3 Å². The Balaban J connectivity index is 2.70. The van der Waals surface area contributed by atoms with Gasteiger partial charge in [-0.2, -0.15) is 0 Å². The topological polar surface area (TPSA) is 0 Å². The first-order valence-corrected chi connectivity index (χ1v) is 7.67. The van der Waals surface area contributed by atoms with Gasteiger partial charge in [0.05, 0.1) is 0 Å². The first kappa shape index (κ1) is 15.1. The van der Waals surface area contributed by atoms with E-state index >= 15 is 0 Å². The van der Waals surface area contributed by atoms with E-state index in [1.54, 1.807) is 0 Å². The number of rotatable bonds is 6. The summed E-state index contributed by atoms with van der Waals surface area (Å²) in [6.07, 6.45) is 4.20. The molecule has 1 aliphatic rings. The predicted octanol–water partition coefficient (Wildman–Crippen LogP) is 5.76. The molecular weight excluding hydrogens is 203 g/mol. The maximum Gasteiger partial charge on any atom is 0.147 e. The Morgan fingerprint density at radius 3 is 2.18 bits per heavy atom. The van der Waals surface area contributed by atoms with Crippen molar-refractivity contribution in [3.8, 4) is 0 Å². The maximum absolute atomic E-state index is 2.52. The van der Waals surface area contributed by atoms with Gasteiger partial charge < -0.3 is 0 Å². The first-order chi connectivity index (χ1) is 7.67. The molecule has 0 saturated heterocycles. The molecule has 100 valence electrons. The van der Waals surface area contributed by atoms with Crippen LogP contribution in [0.25, 0.3) is 0 Å². The van der Waals surface area contributed by atoms with Gasteiger partial charge in [0, 0.05) is 0 Å². The van der Waals surface area contributed by atoms with Crippen molar-refractivity contribution in [3.05, 3.63) is 0 Å². The molecule has 0 amide bonds. The summed E-state index contributed by atoms with van der Waals surface area (Å²) in [5, 5.41) is 0.527. The van der Waals surface area contributed by atoms with Crippen molar-refractivity contribution < 1.29 is 0 Å². The molecule has 17 heavy (non-hydrogen) atoms. The molecule has 0 radical (unpaired) electrons. The largest absolute Gasteiger partial charge is 0.147 e. The van der Waals surface area contributed by atoms with Crippen LogP contribution in [0.4, 0.5) is 0 Å². The minimum atomic E-state index is 0.527. The third kappa shape index (κ3) is 2.91. The van der Waals surface area contributed by atoms with Crippen molar-refractivity contribution in [3.63, 3.8) is 0 Å². The molecule has 0 aromatic heterocycles. The Labute approximate surface area is 110 Å². The van der Waals surface area contributed by atoms with Gasteiger partial charge in [-0.1, -0.05) is 79.3 Å². The Morgan fingerprint density at radius 2 is 1.82 bits per heavy atom. The monoisotopic (exact) mass is 236 g/mol. The molecule has 0 aromatic rings. The molecule has 1 heteroatoms. The Bertz CT molecular complexity index is 258. The van der Waals surface area contributed by atoms with Gasteiger partial charge >= 0.3 is 0 Å². The Morgan fingerprint density at radius 1 is 1.29 bits per heavy atom. The second kappa shape index (κ2) is 4.98. The van der Waals surface area contributed by atoms with Gasteiger partial charge in [-0.25, -0.2) is 0 Å². The van der Waals surface area contributed by atoms with Gasteiger partial charge in [-0.15, -0.1) is 0 Å². The fourth-order valence-electron chi connectivity index (χ4n) is 4.11. The van der Waals surface area contributed by atoms with Gasteiger partial charge in [-0.05, 0) is 23.7 Å². The van der Waals surface area contributed by atoms with Crippen LogP contribution in [0.5, 0.6) is 0 Å². The van der Waals surface area contributed by atoms with Crippen LogP contribution in [0.3, 0.4) is 0 Å². The summed E-state index contributed by atoms with van der Waals surface area (Å²) < 4.78 is 0. The average Bonchev–Trinajstić information content (AvgIpc) is 2.85. The molecule has 1 saturated carbocycles. The number of hydrogen-bond acceptors (Lipinski definition) is 0. The zero-order valence-electron chi connectivity index (χ0n) is 13.4. The summed E-state index contributed by atoms with van der Waals surface area (Å²) in [4.78, 5) is 0. The van der Waals surface area contributed by atoms with E-state index in [1.807, 2.05) is 0 Å². The van der Waals surface area contributed by atoms with Gasteiger partial charge in [0.25, 0.3) is 0 Å². The van der Waals surface area contributed by atoms with E-state index < -0.39 is 0 Å². The predicted molar refractivity (Wildman–Crippen MR) is 81.0 cm³/mol. The molecule has 0 heterocycles. The van der Waals surface area contributed by atoms with Crippen LogP contribution < -0.4 is 0 Å². The summed E-state index contributed by atoms with van der Waals surface area (Å²) in [6, 6.07) is 0. The molecule has 0 spiro atoms. The van der Waals surface area contributed by atoms with Crippen LogP contribution in [0.1, 0.15) is 67.7 Å². The van der Waals surface area contributed by atoms with Crippen molar-refractivity contribution in [1.29, 1.82) is 0 Å². The summed E-state index contributed by atoms with van der Waals surface area (Å²) >= 11 is 0. The fraction of sp³-hybridized carbons (Fsp3) is 1.00. The molecule has 0 N–H and O–H groups in total. The quantitative estimate of drug-likeness (QED) is 0.514. The molecular formula is C16H33B. The van der Waals surface area contributed by atoms with Crippen LogP contribution in [0.15, 0.2) is 0 Å². The van der Waals surface area contributed by atoms with Crippen molar-refractivity contribution in [2.24, 2.45) is 17.3 Å². The summed E-state index contributed by atoms with van der Waals surface area (Å²) in [7, 11) is 0. The number of hydrogen-bond donors (Lipinski definition) is 0. The van der Waals surface area contributed by atoms with E-state index in [4.69, 9.17) is 0 Å². The first-order valence-electron chi connectivity index (χ1n) is 7.67. The molecule has 3 unspecified atom stereocenters. The van der Waals surface area contributed by atoms with Crippen molar-refractivity contribution in [2.45, 2.75) is 85.7 Å². The van der Waals surface area contributed by atoms with Crippen molar-refractivity contribution in [1.82, 2.24) is 0 Å². The lowest BCUT2D eigenvalue weighted by Gasteiger charge is -2.38. The van der Waals surface area contributed by atoms with Gasteiger partial charge in [0.15, 0.2) is 0 Å². The van der Waals surface area contributed by atoms with Gasteiger partial charge in [-0.3, -0.25) is 0 Å². The van der Waals surface area contributed by atoms with E-state index in [0.29, 0.717) is 10.7 Å². The lowest BCUT2D eigenvalue weighted by molar-refractivity contribution is 0.398. The second-order valence-corrected chi connectivity index (χ2v) is 7.87. The van der Waals surface area contributed by atoms with Gasteiger partial charge in [0.1, 0.15) is 6.71 Å². The third-order valence-corrected chi connectivity index (χ3v) is 6.02. The van der Waals surface area contributed by atoms with Crippen LogP contribution in [-0.2, 0) is 0 Å². The lowest BCUT2D eigenvalue weighted by Crippen LogP contribution is -2.33. The zero-order chi connectivity index (χ0) is 13.4. The smallest absolute Gasteiger partial charge is 0.0854 e. The van der Waals surface area contributed by atoms with Gasteiger partial charge in [0.2, 0.25) is 0 Å². The third-order valence-electron chi connectivity index (χ3n) is 6.02. The minimum Gasteiger partial charge on any atom is -0.0854 e. The van der Waals surface area contributed by atoms with Crippen LogP contribution in [0.2, 0.25) is 18.0 Å². The van der Waals surface area contributed by atoms with E-state index in [-0.39, 0.29) is 0 Å². The molecule has 0 bridgehead atoms. The fourth-order valence-corrected chi connectivity index (χ4v) is 4.11. The summed E-state index contributed by atoms with van der Waals surface area (Å²) in [5.41, 5.74) is 0.652. The molecule has 0 nitrogen and oxygen atoms in total. The normalized spacial score (nSPS) is 31.8. The van der Waals surface area contributed by atoms with Crippen molar-refractivity contribution >= 4 is 6.71 Å². The maximum atomic E-state index is 2.52. The van der Waals surface area contributed by atoms with Crippen LogP contribution >= 0.6 is 0 Å². The standard InChI is InChI=1S/C16H33B/c1-9-16(7,13(4)5)17(8)14-11-15(14,6)10-12(2)3/h12-14H,9-11H2,1-8H3. The Hall–Kier alpha value is 0.0649. The molecule has 0 aliphatic heterocycles.